The van der Waals surface area contributed by atoms with Crippen molar-refractivity contribution >= 4 is 27.3 Å². The third-order valence-electron chi connectivity index (χ3n) is 5.49. The van der Waals surface area contributed by atoms with Crippen LogP contribution < -0.4 is 0 Å². The van der Waals surface area contributed by atoms with Crippen molar-refractivity contribution in [3.8, 4) is 0 Å². The van der Waals surface area contributed by atoms with Crippen molar-refractivity contribution in [2.24, 2.45) is 5.92 Å². The Morgan fingerprint density at radius 3 is 2.63 bits per heavy atom. The molecule has 7 heteroatoms. The van der Waals surface area contributed by atoms with Crippen molar-refractivity contribution in [1.82, 2.24) is 9.21 Å². The van der Waals surface area contributed by atoms with E-state index in [1.54, 1.807) is 6.07 Å². The van der Waals surface area contributed by atoms with Crippen LogP contribution in [0.1, 0.15) is 28.8 Å². The number of benzene rings is 1. The van der Waals surface area contributed by atoms with E-state index >= 15 is 0 Å². The molecule has 1 aromatic carbocycles. The molecule has 0 spiro atoms. The Hall–Kier alpha value is -1.70. The van der Waals surface area contributed by atoms with Gasteiger partial charge in [-0.25, -0.2) is 8.42 Å². The maximum absolute atomic E-state index is 13.1. The zero-order valence-electron chi connectivity index (χ0n) is 15.4. The molecule has 2 aliphatic heterocycles. The van der Waals surface area contributed by atoms with Crippen molar-refractivity contribution in [3.05, 3.63) is 52.4 Å². The summed E-state index contributed by atoms with van der Waals surface area (Å²) in [6.45, 7) is 4.02. The summed E-state index contributed by atoms with van der Waals surface area (Å²) in [5.41, 5.74) is 2.51. The number of carbonyl (C=O) groups is 1. The minimum atomic E-state index is -3.51. The van der Waals surface area contributed by atoms with E-state index < -0.39 is 10.0 Å². The summed E-state index contributed by atoms with van der Waals surface area (Å²) < 4.78 is 27.7. The molecule has 0 saturated carbocycles. The molecule has 1 atom stereocenters. The van der Waals surface area contributed by atoms with Crippen LogP contribution in [-0.4, -0.2) is 43.2 Å². The number of aryl methyl sites for hydroxylation is 1. The van der Waals surface area contributed by atoms with Gasteiger partial charge in [0.1, 0.15) is 4.21 Å². The van der Waals surface area contributed by atoms with E-state index in [0.29, 0.717) is 23.8 Å². The summed E-state index contributed by atoms with van der Waals surface area (Å²) in [5.74, 6) is -0.161. The standard InChI is InChI=1S/C20H24N2O3S2/c1-15-8-9-19(26-15)27(24,25)22-11-4-7-18(14-22)20(23)21-12-10-16-5-2-3-6-17(16)13-21/h2-3,5-6,8-9,18H,4,7,10-14H2,1H3. The molecular weight excluding hydrogens is 380 g/mol. The third-order valence-corrected chi connectivity index (χ3v) is 8.82. The van der Waals surface area contributed by atoms with E-state index in [2.05, 4.69) is 12.1 Å². The normalized spacial score (nSPS) is 21.1. The first-order chi connectivity index (χ1) is 12.9. The number of thiophene rings is 1. The number of sulfonamides is 1. The number of hydrogen-bond donors (Lipinski definition) is 0. The van der Waals surface area contributed by atoms with Gasteiger partial charge in [0, 0.05) is 31.1 Å². The van der Waals surface area contributed by atoms with Crippen molar-refractivity contribution in [1.29, 1.82) is 0 Å². The maximum atomic E-state index is 13.1. The second-order valence-electron chi connectivity index (χ2n) is 7.35. The van der Waals surface area contributed by atoms with Gasteiger partial charge in [-0.05, 0) is 49.4 Å². The van der Waals surface area contributed by atoms with Crippen LogP contribution in [0.5, 0.6) is 0 Å². The van der Waals surface area contributed by atoms with Crippen LogP contribution in [0, 0.1) is 12.8 Å². The fraction of sp³-hybridized carbons (Fsp3) is 0.450. The lowest BCUT2D eigenvalue weighted by molar-refractivity contribution is -0.137. The van der Waals surface area contributed by atoms with E-state index in [4.69, 9.17) is 0 Å². The minimum absolute atomic E-state index is 0.0896. The summed E-state index contributed by atoms with van der Waals surface area (Å²) in [6.07, 6.45) is 2.35. The van der Waals surface area contributed by atoms with Gasteiger partial charge in [-0.2, -0.15) is 4.31 Å². The van der Waals surface area contributed by atoms with Gasteiger partial charge in [-0.3, -0.25) is 4.79 Å². The predicted molar refractivity (Wildman–Crippen MR) is 106 cm³/mol. The van der Waals surface area contributed by atoms with Gasteiger partial charge < -0.3 is 4.90 Å². The largest absolute Gasteiger partial charge is 0.338 e. The lowest BCUT2D eigenvalue weighted by Gasteiger charge is -2.36. The average Bonchev–Trinajstić information content (AvgIpc) is 3.14. The first-order valence-corrected chi connectivity index (χ1v) is 11.6. The SMILES string of the molecule is Cc1ccc(S(=O)(=O)N2CCCC(C(=O)N3CCc4ccccc4C3)C2)s1. The number of piperidine rings is 1. The number of carbonyl (C=O) groups excluding carboxylic acids is 1. The molecule has 0 N–H and O–H groups in total. The zero-order valence-corrected chi connectivity index (χ0v) is 17.1. The predicted octanol–water partition coefficient (Wildman–Crippen LogP) is 3.04. The molecule has 144 valence electrons. The maximum Gasteiger partial charge on any atom is 0.252 e. The van der Waals surface area contributed by atoms with Crippen molar-refractivity contribution in [3.63, 3.8) is 0 Å². The Morgan fingerprint density at radius 2 is 1.89 bits per heavy atom. The van der Waals surface area contributed by atoms with E-state index in [1.165, 1.54) is 26.8 Å². The average molecular weight is 405 g/mol. The Labute approximate surface area is 164 Å². The van der Waals surface area contributed by atoms with Crippen molar-refractivity contribution in [2.45, 2.75) is 36.9 Å². The molecule has 5 nitrogen and oxygen atoms in total. The zero-order chi connectivity index (χ0) is 19.0. The quantitative estimate of drug-likeness (QED) is 0.790. The van der Waals surface area contributed by atoms with Gasteiger partial charge in [0.25, 0.3) is 10.0 Å². The van der Waals surface area contributed by atoms with Crippen LogP contribution in [0.4, 0.5) is 0 Å². The molecule has 1 fully saturated rings. The first kappa shape index (κ1) is 18.7. The van der Waals surface area contributed by atoms with E-state index in [9.17, 15) is 13.2 Å². The van der Waals surface area contributed by atoms with Gasteiger partial charge >= 0.3 is 0 Å². The monoisotopic (exact) mass is 404 g/mol. The van der Waals surface area contributed by atoms with Crippen LogP contribution in [0.3, 0.4) is 0 Å². The molecule has 2 aliphatic rings. The number of fused-ring (bicyclic) bond motifs is 1. The Balaban J connectivity index is 1.48. The van der Waals surface area contributed by atoms with Crippen LogP contribution in [0.25, 0.3) is 0 Å². The molecule has 0 bridgehead atoms. The summed E-state index contributed by atoms with van der Waals surface area (Å²) >= 11 is 1.29. The number of rotatable bonds is 3. The molecule has 2 aromatic rings. The fourth-order valence-corrected chi connectivity index (χ4v) is 6.94. The Kier molecular flexibility index (Phi) is 5.09. The van der Waals surface area contributed by atoms with Gasteiger partial charge in [-0.1, -0.05) is 24.3 Å². The highest BCUT2D eigenvalue weighted by Crippen LogP contribution is 2.30. The topological polar surface area (TPSA) is 57.7 Å². The lowest BCUT2D eigenvalue weighted by Crippen LogP contribution is -2.47. The number of amides is 1. The molecule has 1 unspecified atom stereocenters. The fourth-order valence-electron chi connectivity index (χ4n) is 3.98. The number of nitrogens with zero attached hydrogens (tertiary/aromatic N) is 2. The third kappa shape index (κ3) is 3.68. The molecule has 3 heterocycles. The molecule has 4 rings (SSSR count). The van der Waals surface area contributed by atoms with Gasteiger partial charge in [0.15, 0.2) is 0 Å². The summed E-state index contributed by atoms with van der Waals surface area (Å²) in [7, 11) is -3.51. The minimum Gasteiger partial charge on any atom is -0.338 e. The van der Waals surface area contributed by atoms with Crippen molar-refractivity contribution in [2.75, 3.05) is 19.6 Å². The van der Waals surface area contributed by atoms with Gasteiger partial charge in [0.05, 0.1) is 5.92 Å². The molecule has 0 radical (unpaired) electrons. The van der Waals surface area contributed by atoms with Gasteiger partial charge in [0.2, 0.25) is 5.91 Å². The van der Waals surface area contributed by atoms with Crippen molar-refractivity contribution < 1.29 is 13.2 Å². The summed E-state index contributed by atoms with van der Waals surface area (Å²) in [5, 5.41) is 0. The Morgan fingerprint density at radius 1 is 1.11 bits per heavy atom. The summed E-state index contributed by atoms with van der Waals surface area (Å²) in [6, 6.07) is 11.7. The highest BCUT2D eigenvalue weighted by Gasteiger charge is 2.36. The Bertz CT molecular complexity index is 952. The second kappa shape index (κ2) is 7.37. The molecule has 1 saturated heterocycles. The molecule has 0 aliphatic carbocycles. The van der Waals surface area contributed by atoms with E-state index in [1.807, 2.05) is 30.0 Å². The number of hydrogen-bond acceptors (Lipinski definition) is 4. The highest BCUT2D eigenvalue weighted by molar-refractivity contribution is 7.91. The van der Waals surface area contributed by atoms with Crippen LogP contribution >= 0.6 is 11.3 Å². The molecule has 1 amide bonds. The van der Waals surface area contributed by atoms with Crippen LogP contribution in [0.15, 0.2) is 40.6 Å². The van der Waals surface area contributed by atoms with Crippen LogP contribution in [0.2, 0.25) is 0 Å². The van der Waals surface area contributed by atoms with E-state index in [0.717, 1.165) is 24.1 Å². The molecule has 1 aromatic heterocycles. The van der Waals surface area contributed by atoms with Crippen LogP contribution in [-0.2, 0) is 27.8 Å². The first-order valence-electron chi connectivity index (χ1n) is 9.37. The molecular formula is C20H24N2O3S2. The smallest absolute Gasteiger partial charge is 0.252 e. The molecule has 27 heavy (non-hydrogen) atoms. The second-order valence-corrected chi connectivity index (χ2v) is 10.8. The highest BCUT2D eigenvalue weighted by atomic mass is 32.2. The van der Waals surface area contributed by atoms with Gasteiger partial charge in [-0.15, -0.1) is 11.3 Å². The lowest BCUT2D eigenvalue weighted by atomic mass is 9.95. The summed E-state index contributed by atoms with van der Waals surface area (Å²) in [4.78, 5) is 16.0. The van der Waals surface area contributed by atoms with E-state index in [-0.39, 0.29) is 18.4 Å².